The van der Waals surface area contributed by atoms with Crippen LogP contribution >= 0.6 is 0 Å². The van der Waals surface area contributed by atoms with E-state index in [0.717, 1.165) is 6.42 Å². The molecule has 1 amide bonds. The van der Waals surface area contributed by atoms with Crippen LogP contribution in [0.3, 0.4) is 0 Å². The second kappa shape index (κ2) is 8.31. The Morgan fingerprint density at radius 3 is 2.30 bits per heavy atom. The zero-order valence-corrected chi connectivity index (χ0v) is 18.4. The molecular weight excluding hydrogens is 360 g/mol. The lowest BCUT2D eigenvalue weighted by Gasteiger charge is -2.23. The Bertz CT molecular complexity index is 771. The highest BCUT2D eigenvalue weighted by Crippen LogP contribution is 2.27. The SMILES string of the molecule is Cc1cc(C(C)(C)C)cc(C)c1CCNC(=O)CN(C)[C@H]1CCS(=O)(=O)C1. The van der Waals surface area contributed by atoms with Gasteiger partial charge in [-0.3, -0.25) is 9.69 Å². The van der Waals surface area contributed by atoms with Crippen LogP contribution in [-0.2, 0) is 26.5 Å². The summed E-state index contributed by atoms with van der Waals surface area (Å²) in [6.45, 7) is 11.7. The van der Waals surface area contributed by atoms with Crippen LogP contribution in [0.1, 0.15) is 49.4 Å². The number of nitrogens with zero attached hydrogens (tertiary/aromatic N) is 1. The quantitative estimate of drug-likeness (QED) is 0.804. The van der Waals surface area contributed by atoms with Crippen LogP contribution in [-0.4, -0.2) is 56.9 Å². The Hall–Kier alpha value is -1.40. The lowest BCUT2D eigenvalue weighted by molar-refractivity contribution is -0.122. The Morgan fingerprint density at radius 1 is 1.22 bits per heavy atom. The van der Waals surface area contributed by atoms with Crippen molar-refractivity contribution in [3.63, 3.8) is 0 Å². The molecule has 0 aromatic heterocycles. The number of aryl methyl sites for hydroxylation is 2. The lowest BCUT2D eigenvalue weighted by atomic mass is 9.83. The molecule has 5 nitrogen and oxygen atoms in total. The molecular formula is C21H34N2O3S. The molecule has 1 aliphatic rings. The minimum atomic E-state index is -2.93. The standard InChI is InChI=1S/C21H34N2O3S/c1-15-11-17(21(3,4)5)12-16(2)19(15)7-9-22-20(24)13-23(6)18-8-10-27(25,26)14-18/h11-12,18H,7-10,13-14H2,1-6H3,(H,22,24)/t18-/m0/s1. The van der Waals surface area contributed by atoms with Gasteiger partial charge in [0.05, 0.1) is 18.1 Å². The first-order valence-corrected chi connectivity index (χ1v) is 11.5. The molecule has 1 N–H and O–H groups in total. The fraction of sp³-hybridized carbons (Fsp3) is 0.667. The van der Waals surface area contributed by atoms with Gasteiger partial charge >= 0.3 is 0 Å². The largest absolute Gasteiger partial charge is 0.355 e. The van der Waals surface area contributed by atoms with Crippen molar-refractivity contribution < 1.29 is 13.2 Å². The maximum absolute atomic E-state index is 12.2. The molecule has 0 unspecified atom stereocenters. The average molecular weight is 395 g/mol. The van der Waals surface area contributed by atoms with Crippen molar-refractivity contribution in [2.45, 2.75) is 58.9 Å². The maximum Gasteiger partial charge on any atom is 0.234 e. The monoisotopic (exact) mass is 394 g/mol. The van der Waals surface area contributed by atoms with Gasteiger partial charge in [-0.2, -0.15) is 0 Å². The summed E-state index contributed by atoms with van der Waals surface area (Å²) >= 11 is 0. The number of amides is 1. The minimum absolute atomic E-state index is 0.0461. The molecule has 27 heavy (non-hydrogen) atoms. The Balaban J connectivity index is 1.86. The summed E-state index contributed by atoms with van der Waals surface area (Å²) in [5.74, 6) is 0.339. The molecule has 1 atom stereocenters. The van der Waals surface area contributed by atoms with E-state index in [1.165, 1.54) is 22.3 Å². The molecule has 2 rings (SSSR count). The summed E-state index contributed by atoms with van der Waals surface area (Å²) in [7, 11) is -1.10. The fourth-order valence-corrected chi connectivity index (χ4v) is 5.49. The summed E-state index contributed by atoms with van der Waals surface area (Å²) in [6, 6.07) is 4.45. The average Bonchev–Trinajstić information content (AvgIpc) is 2.89. The maximum atomic E-state index is 12.2. The lowest BCUT2D eigenvalue weighted by Crippen LogP contribution is -2.41. The van der Waals surface area contributed by atoms with Gasteiger partial charge in [-0.25, -0.2) is 8.42 Å². The number of hydrogen-bond acceptors (Lipinski definition) is 4. The van der Waals surface area contributed by atoms with E-state index in [4.69, 9.17) is 0 Å². The molecule has 1 fully saturated rings. The molecule has 0 saturated carbocycles. The van der Waals surface area contributed by atoms with Crippen LogP contribution in [0.5, 0.6) is 0 Å². The summed E-state index contributed by atoms with van der Waals surface area (Å²) in [6.07, 6.45) is 1.42. The van der Waals surface area contributed by atoms with E-state index in [2.05, 4.69) is 52.1 Å². The number of sulfone groups is 1. The van der Waals surface area contributed by atoms with Crippen molar-refractivity contribution in [1.29, 1.82) is 0 Å². The number of carbonyl (C=O) groups is 1. The predicted molar refractivity (Wildman–Crippen MR) is 111 cm³/mol. The van der Waals surface area contributed by atoms with Crippen LogP contribution in [0, 0.1) is 13.8 Å². The van der Waals surface area contributed by atoms with Crippen LogP contribution in [0.2, 0.25) is 0 Å². The van der Waals surface area contributed by atoms with Gasteiger partial charge in [0.2, 0.25) is 5.91 Å². The third kappa shape index (κ3) is 6.04. The molecule has 6 heteroatoms. The molecule has 0 aliphatic carbocycles. The summed E-state index contributed by atoms with van der Waals surface area (Å²) in [4.78, 5) is 14.1. The normalized spacial score (nSPS) is 19.4. The number of benzene rings is 1. The van der Waals surface area contributed by atoms with Crippen molar-refractivity contribution in [3.8, 4) is 0 Å². The summed E-state index contributed by atoms with van der Waals surface area (Å²) in [5, 5.41) is 2.98. The van der Waals surface area contributed by atoms with E-state index < -0.39 is 9.84 Å². The summed E-state index contributed by atoms with van der Waals surface area (Å²) in [5.41, 5.74) is 5.28. The topological polar surface area (TPSA) is 66.5 Å². The molecule has 1 heterocycles. The van der Waals surface area contributed by atoms with Gasteiger partial charge < -0.3 is 5.32 Å². The summed E-state index contributed by atoms with van der Waals surface area (Å²) < 4.78 is 23.2. The van der Waals surface area contributed by atoms with Gasteiger partial charge in [-0.1, -0.05) is 32.9 Å². The van der Waals surface area contributed by atoms with Gasteiger partial charge in [-0.15, -0.1) is 0 Å². The van der Waals surface area contributed by atoms with Gasteiger partial charge in [0.1, 0.15) is 0 Å². The van der Waals surface area contributed by atoms with E-state index in [9.17, 15) is 13.2 Å². The van der Waals surface area contributed by atoms with Crippen LogP contribution in [0.15, 0.2) is 12.1 Å². The number of rotatable bonds is 6. The van der Waals surface area contributed by atoms with E-state index in [1.807, 2.05) is 11.9 Å². The van der Waals surface area contributed by atoms with Gasteiger partial charge in [0, 0.05) is 12.6 Å². The van der Waals surface area contributed by atoms with Crippen molar-refractivity contribution in [2.75, 3.05) is 31.6 Å². The van der Waals surface area contributed by atoms with Crippen molar-refractivity contribution in [1.82, 2.24) is 10.2 Å². The molecule has 0 spiro atoms. The van der Waals surface area contributed by atoms with Crippen molar-refractivity contribution >= 4 is 15.7 Å². The molecule has 1 aromatic carbocycles. The molecule has 1 saturated heterocycles. The Kier molecular flexibility index (Phi) is 6.74. The van der Waals surface area contributed by atoms with E-state index >= 15 is 0 Å². The van der Waals surface area contributed by atoms with Crippen molar-refractivity contribution in [2.24, 2.45) is 0 Å². The number of carbonyl (C=O) groups excluding carboxylic acids is 1. The fourth-order valence-electron chi connectivity index (χ4n) is 3.68. The Labute approximate surface area is 164 Å². The second-order valence-electron chi connectivity index (χ2n) is 8.91. The first-order valence-electron chi connectivity index (χ1n) is 9.67. The molecule has 1 aromatic rings. The van der Waals surface area contributed by atoms with E-state index in [0.29, 0.717) is 13.0 Å². The predicted octanol–water partition coefficient (Wildman–Crippen LogP) is 2.38. The number of likely N-dealkylation sites (N-methyl/N-ethyl adjacent to an activating group) is 1. The third-order valence-corrected chi connectivity index (χ3v) is 7.23. The minimum Gasteiger partial charge on any atom is -0.355 e. The third-order valence-electron chi connectivity index (χ3n) is 5.48. The smallest absolute Gasteiger partial charge is 0.234 e. The van der Waals surface area contributed by atoms with Crippen LogP contribution in [0.4, 0.5) is 0 Å². The first-order chi connectivity index (χ1) is 12.4. The second-order valence-corrected chi connectivity index (χ2v) is 11.1. The zero-order valence-electron chi connectivity index (χ0n) is 17.6. The number of hydrogen-bond donors (Lipinski definition) is 1. The highest BCUT2D eigenvalue weighted by atomic mass is 32.2. The van der Waals surface area contributed by atoms with E-state index in [1.54, 1.807) is 0 Å². The zero-order chi connectivity index (χ0) is 20.4. The van der Waals surface area contributed by atoms with Gasteiger partial charge in [0.15, 0.2) is 9.84 Å². The highest BCUT2D eigenvalue weighted by Gasteiger charge is 2.31. The number of nitrogens with one attached hydrogen (secondary N) is 1. The van der Waals surface area contributed by atoms with Gasteiger partial charge in [0.25, 0.3) is 0 Å². The molecule has 152 valence electrons. The van der Waals surface area contributed by atoms with Crippen LogP contribution in [0.25, 0.3) is 0 Å². The molecule has 0 bridgehead atoms. The molecule has 1 aliphatic heterocycles. The highest BCUT2D eigenvalue weighted by molar-refractivity contribution is 7.91. The van der Waals surface area contributed by atoms with Crippen molar-refractivity contribution in [3.05, 3.63) is 34.4 Å². The Morgan fingerprint density at radius 2 is 1.81 bits per heavy atom. The first kappa shape index (κ1) is 21.9. The van der Waals surface area contributed by atoms with E-state index in [-0.39, 0.29) is 35.4 Å². The van der Waals surface area contributed by atoms with Gasteiger partial charge in [-0.05, 0) is 61.4 Å². The van der Waals surface area contributed by atoms with Crippen LogP contribution < -0.4 is 5.32 Å². The molecule has 0 radical (unpaired) electrons.